The second-order valence-electron chi connectivity index (χ2n) is 16.6. The number of hydrogen-bond donors (Lipinski definition) is 2. The highest BCUT2D eigenvalue weighted by molar-refractivity contribution is 5.73. The molecule has 1 aliphatic heterocycles. The first kappa shape index (κ1) is 29.2. The SMILES string of the molecule is CC(=O)N(Cc1ccccc1F)CC1C[C@@H](C)[C@H]2C(O1)[C@H](O)[C@@]1(C)C3CC[C@H]4C(C)(C)C(O)CC[C@@]45C[C@@]35CC[C@]21C. The van der Waals surface area contributed by atoms with Gasteiger partial charge in [-0.3, -0.25) is 4.79 Å². The lowest BCUT2D eigenvalue weighted by Crippen LogP contribution is -2.59. The van der Waals surface area contributed by atoms with E-state index in [4.69, 9.17) is 4.74 Å². The van der Waals surface area contributed by atoms with Crippen molar-refractivity contribution >= 4 is 5.91 Å². The lowest BCUT2D eigenvalue weighted by atomic mass is 9.41. The third kappa shape index (κ3) is 3.55. The third-order valence-corrected chi connectivity index (χ3v) is 15.0. The Hall–Kier alpha value is -1.50. The molecule has 0 aromatic heterocycles. The molecule has 4 unspecified atom stereocenters. The molecule has 12 atom stereocenters. The van der Waals surface area contributed by atoms with Gasteiger partial charge in [-0.2, -0.15) is 0 Å². The fourth-order valence-corrected chi connectivity index (χ4v) is 12.9. The van der Waals surface area contributed by atoms with E-state index >= 15 is 0 Å². The summed E-state index contributed by atoms with van der Waals surface area (Å²) in [6, 6.07) is 6.65. The Labute approximate surface area is 251 Å². The van der Waals surface area contributed by atoms with E-state index in [0.29, 0.717) is 35.3 Å². The maximum Gasteiger partial charge on any atom is 0.219 e. The maximum absolute atomic E-state index is 14.5. The number of aliphatic hydroxyl groups is 2. The van der Waals surface area contributed by atoms with Crippen LogP contribution in [0.2, 0.25) is 0 Å². The van der Waals surface area contributed by atoms with E-state index < -0.39 is 6.10 Å². The van der Waals surface area contributed by atoms with Gasteiger partial charge in [0.1, 0.15) is 5.82 Å². The minimum Gasteiger partial charge on any atom is -0.393 e. The van der Waals surface area contributed by atoms with Crippen molar-refractivity contribution in [3.8, 4) is 0 Å². The van der Waals surface area contributed by atoms with Crippen LogP contribution < -0.4 is 0 Å². The van der Waals surface area contributed by atoms with Gasteiger partial charge in [-0.1, -0.05) is 52.8 Å². The summed E-state index contributed by atoms with van der Waals surface area (Å²) >= 11 is 0. The predicted molar refractivity (Wildman–Crippen MR) is 160 cm³/mol. The average Bonchev–Trinajstić information content (AvgIpc) is 3.57. The van der Waals surface area contributed by atoms with Crippen LogP contribution in [0, 0.1) is 56.6 Å². The Morgan fingerprint density at radius 2 is 1.71 bits per heavy atom. The predicted octanol–water partition coefficient (Wildman–Crippen LogP) is 6.35. The topological polar surface area (TPSA) is 70.0 Å². The lowest BCUT2D eigenvalue weighted by Gasteiger charge is -2.63. The van der Waals surface area contributed by atoms with Crippen molar-refractivity contribution < 1.29 is 24.1 Å². The fraction of sp³-hybridized carbons (Fsp3) is 0.806. The van der Waals surface area contributed by atoms with Gasteiger partial charge >= 0.3 is 0 Å². The van der Waals surface area contributed by atoms with Crippen molar-refractivity contribution in [2.45, 2.75) is 124 Å². The zero-order chi connectivity index (χ0) is 30.0. The number of nitrogens with zero attached hydrogens (tertiary/aromatic N) is 1. The Kier molecular flexibility index (Phi) is 6.45. The van der Waals surface area contributed by atoms with Gasteiger partial charge in [-0.05, 0) is 103 Å². The molecule has 5 aliphatic carbocycles. The zero-order valence-corrected chi connectivity index (χ0v) is 26.5. The van der Waals surface area contributed by atoms with Crippen LogP contribution in [-0.2, 0) is 16.1 Å². The first-order valence-corrected chi connectivity index (χ1v) is 16.7. The highest BCUT2D eigenvalue weighted by atomic mass is 19.1. The summed E-state index contributed by atoms with van der Waals surface area (Å²) in [6.07, 6.45) is 7.58. The lowest BCUT2D eigenvalue weighted by molar-refractivity contribution is -0.182. The molecule has 1 saturated heterocycles. The Morgan fingerprint density at radius 1 is 1.02 bits per heavy atom. The van der Waals surface area contributed by atoms with Crippen LogP contribution in [-0.4, -0.2) is 52.0 Å². The number of halogens is 1. The highest BCUT2D eigenvalue weighted by Crippen LogP contribution is 2.89. The van der Waals surface area contributed by atoms with Crippen LogP contribution in [0.4, 0.5) is 4.39 Å². The number of aliphatic hydroxyl groups excluding tert-OH is 2. The quantitative estimate of drug-likeness (QED) is 0.435. The molecule has 5 nitrogen and oxygen atoms in total. The van der Waals surface area contributed by atoms with Crippen molar-refractivity contribution in [2.75, 3.05) is 6.54 Å². The minimum absolute atomic E-state index is 0.00880. The normalized spacial score (nSPS) is 50.0. The van der Waals surface area contributed by atoms with Gasteiger partial charge in [0.05, 0.1) is 24.4 Å². The summed E-state index contributed by atoms with van der Waals surface area (Å²) in [4.78, 5) is 14.4. The van der Waals surface area contributed by atoms with Crippen LogP contribution in [0.25, 0.3) is 0 Å². The average molecular weight is 582 g/mol. The van der Waals surface area contributed by atoms with Gasteiger partial charge < -0.3 is 19.8 Å². The molecule has 1 amide bonds. The summed E-state index contributed by atoms with van der Waals surface area (Å²) in [7, 11) is 0. The second kappa shape index (κ2) is 9.26. The molecule has 2 spiro atoms. The Morgan fingerprint density at radius 3 is 2.43 bits per heavy atom. The molecule has 0 bridgehead atoms. The molecule has 6 fully saturated rings. The smallest absolute Gasteiger partial charge is 0.219 e. The molecule has 6 aliphatic rings. The largest absolute Gasteiger partial charge is 0.393 e. The molecule has 7 rings (SSSR count). The van der Waals surface area contributed by atoms with E-state index in [2.05, 4.69) is 34.6 Å². The van der Waals surface area contributed by atoms with E-state index in [0.717, 1.165) is 38.5 Å². The number of ether oxygens (including phenoxy) is 1. The monoisotopic (exact) mass is 581 g/mol. The van der Waals surface area contributed by atoms with Crippen LogP contribution >= 0.6 is 0 Å². The number of amides is 1. The number of fused-ring (bicyclic) bond motifs is 4. The van der Waals surface area contributed by atoms with Crippen LogP contribution in [0.1, 0.15) is 98.5 Å². The van der Waals surface area contributed by atoms with Crippen molar-refractivity contribution in [3.63, 3.8) is 0 Å². The van der Waals surface area contributed by atoms with Gasteiger partial charge in [-0.25, -0.2) is 4.39 Å². The fourth-order valence-electron chi connectivity index (χ4n) is 12.9. The molecular weight excluding hydrogens is 529 g/mol. The minimum atomic E-state index is -0.548. The van der Waals surface area contributed by atoms with Gasteiger partial charge in [-0.15, -0.1) is 0 Å². The highest BCUT2D eigenvalue weighted by Gasteiger charge is 2.84. The first-order chi connectivity index (χ1) is 19.7. The molecule has 1 aromatic rings. The molecule has 1 heterocycles. The van der Waals surface area contributed by atoms with Gasteiger partial charge in [0.15, 0.2) is 0 Å². The molecular formula is C36H52FNO4. The first-order valence-electron chi connectivity index (χ1n) is 16.7. The van der Waals surface area contributed by atoms with E-state index in [1.54, 1.807) is 30.0 Å². The van der Waals surface area contributed by atoms with Gasteiger partial charge in [0.25, 0.3) is 0 Å². The van der Waals surface area contributed by atoms with Gasteiger partial charge in [0, 0.05) is 31.0 Å². The number of carbonyl (C=O) groups excluding carboxylic acids is 1. The summed E-state index contributed by atoms with van der Waals surface area (Å²) in [5.74, 6) is 1.28. The van der Waals surface area contributed by atoms with E-state index in [9.17, 15) is 19.4 Å². The molecule has 6 heteroatoms. The Bertz CT molecular complexity index is 1270. The molecule has 5 saturated carbocycles. The summed E-state index contributed by atoms with van der Waals surface area (Å²) in [6.45, 7) is 14.0. The molecule has 42 heavy (non-hydrogen) atoms. The number of benzene rings is 1. The molecule has 2 N–H and O–H groups in total. The zero-order valence-electron chi connectivity index (χ0n) is 26.5. The number of hydrogen-bond acceptors (Lipinski definition) is 4. The van der Waals surface area contributed by atoms with Crippen LogP contribution in [0.3, 0.4) is 0 Å². The van der Waals surface area contributed by atoms with Crippen molar-refractivity contribution in [3.05, 3.63) is 35.6 Å². The Balaban J connectivity index is 1.15. The molecule has 1 aromatic carbocycles. The summed E-state index contributed by atoms with van der Waals surface area (Å²) in [5.41, 5.74) is 0.826. The van der Waals surface area contributed by atoms with Crippen LogP contribution in [0.15, 0.2) is 24.3 Å². The standard InChI is InChI=1S/C36H52FNO4/c1-21-17-24(19-38(22(2)39)18-23-9-7-8-10-25(23)37)42-30-29(21)33(5)15-16-36-20-35(36)14-13-28(40)32(3,4)26(35)11-12-27(36)34(33,6)31(30)41/h7-10,21,24,26-31,40-41H,11-20H2,1-6H3/t21-,24?,26+,27?,28?,29+,30?,31+,33-,34-,35-,36+/m1/s1. The van der Waals surface area contributed by atoms with Crippen molar-refractivity contribution in [1.82, 2.24) is 4.90 Å². The molecule has 232 valence electrons. The number of rotatable bonds is 4. The van der Waals surface area contributed by atoms with Gasteiger partial charge in [0.2, 0.25) is 5.91 Å². The summed E-state index contributed by atoms with van der Waals surface area (Å²) < 4.78 is 21.3. The van der Waals surface area contributed by atoms with Crippen molar-refractivity contribution in [1.29, 1.82) is 0 Å². The van der Waals surface area contributed by atoms with Crippen molar-refractivity contribution in [2.24, 2.45) is 50.7 Å². The van der Waals surface area contributed by atoms with E-state index in [-0.39, 0.29) is 64.2 Å². The second-order valence-corrected chi connectivity index (χ2v) is 16.6. The van der Waals surface area contributed by atoms with E-state index in [1.807, 2.05) is 0 Å². The van der Waals surface area contributed by atoms with E-state index in [1.165, 1.54) is 18.9 Å². The maximum atomic E-state index is 14.5. The van der Waals surface area contributed by atoms with Crippen LogP contribution in [0.5, 0.6) is 0 Å². The molecule has 0 radical (unpaired) electrons. The third-order valence-electron chi connectivity index (χ3n) is 15.0. The number of carbonyl (C=O) groups is 1. The summed E-state index contributed by atoms with van der Waals surface area (Å²) in [5, 5.41) is 23.4.